The predicted octanol–water partition coefficient (Wildman–Crippen LogP) is 2.15. The number of aromatic nitrogens is 1. The molecule has 2 rings (SSSR count). The monoisotopic (exact) mass is 291 g/mol. The molecule has 5 nitrogen and oxygen atoms in total. The first-order chi connectivity index (χ1) is 9.41. The van der Waals surface area contributed by atoms with E-state index in [4.69, 9.17) is 4.74 Å². The van der Waals surface area contributed by atoms with Crippen molar-refractivity contribution in [3.8, 4) is 5.75 Å². The Kier molecular flexibility index (Phi) is 3.85. The van der Waals surface area contributed by atoms with Crippen LogP contribution in [0.2, 0.25) is 0 Å². The molecule has 20 heavy (non-hydrogen) atoms. The first kappa shape index (κ1) is 14.2. The molecule has 0 saturated carbocycles. The van der Waals surface area contributed by atoms with E-state index in [1.807, 2.05) is 0 Å². The van der Waals surface area contributed by atoms with Crippen LogP contribution in [0.3, 0.4) is 0 Å². The zero-order chi connectivity index (χ0) is 14.8. The van der Waals surface area contributed by atoms with Crippen LogP contribution >= 0.6 is 0 Å². The molecule has 1 aromatic heterocycles. The molecule has 0 bridgehead atoms. The van der Waals surface area contributed by atoms with Gasteiger partial charge < -0.3 is 4.74 Å². The minimum Gasteiger partial charge on any atom is -0.425 e. The molecule has 0 aliphatic rings. The summed E-state index contributed by atoms with van der Waals surface area (Å²) in [6.07, 6.45) is 1.40. The van der Waals surface area contributed by atoms with Crippen LogP contribution in [0.5, 0.6) is 5.75 Å². The molecule has 0 N–H and O–H groups in total. The van der Waals surface area contributed by atoms with Gasteiger partial charge >= 0.3 is 5.97 Å². The summed E-state index contributed by atoms with van der Waals surface area (Å²) in [4.78, 5) is 14.9. The molecule has 0 saturated heterocycles. The fraction of sp³-hybridized carbons (Fsp3) is 0.143. The van der Waals surface area contributed by atoms with Crippen LogP contribution in [0.4, 0.5) is 0 Å². The van der Waals surface area contributed by atoms with Gasteiger partial charge in [0.1, 0.15) is 10.6 Å². The summed E-state index contributed by atoms with van der Waals surface area (Å²) in [5.41, 5.74) is 0.793. The van der Waals surface area contributed by atoms with Crippen LogP contribution in [0, 0.1) is 6.92 Å². The molecule has 6 heteroatoms. The molecule has 0 atom stereocenters. The van der Waals surface area contributed by atoms with Crippen LogP contribution in [0.25, 0.3) is 0 Å². The SMILES string of the molecule is CC(=O)Oc1cc(C)ccc1S(=O)(=O)c1ccccn1. The normalized spacial score (nSPS) is 11.1. The molecule has 0 amide bonds. The van der Waals surface area contributed by atoms with Crippen LogP contribution in [0.15, 0.2) is 52.5 Å². The van der Waals surface area contributed by atoms with Crippen LogP contribution in [-0.2, 0) is 14.6 Å². The third-order valence-corrected chi connectivity index (χ3v) is 4.26. The van der Waals surface area contributed by atoms with Crippen molar-refractivity contribution in [2.24, 2.45) is 0 Å². The minimum absolute atomic E-state index is 0.0168. The predicted molar refractivity (Wildman–Crippen MR) is 72.2 cm³/mol. The summed E-state index contributed by atoms with van der Waals surface area (Å²) in [6, 6.07) is 9.17. The molecule has 0 aliphatic heterocycles. The second-order valence-corrected chi connectivity index (χ2v) is 6.08. The summed E-state index contributed by atoms with van der Waals surface area (Å²) in [6.45, 7) is 3.00. The number of carbonyl (C=O) groups is 1. The van der Waals surface area contributed by atoms with E-state index < -0.39 is 15.8 Å². The summed E-state index contributed by atoms with van der Waals surface area (Å²) < 4.78 is 30.0. The number of esters is 1. The van der Waals surface area contributed by atoms with Gasteiger partial charge in [0.15, 0.2) is 5.03 Å². The maximum absolute atomic E-state index is 12.5. The Hall–Kier alpha value is -2.21. The zero-order valence-electron chi connectivity index (χ0n) is 11.0. The number of ether oxygens (including phenoxy) is 1. The van der Waals surface area contributed by atoms with Crippen molar-refractivity contribution >= 4 is 15.8 Å². The van der Waals surface area contributed by atoms with Crippen molar-refractivity contribution in [1.29, 1.82) is 0 Å². The Bertz CT molecular complexity index is 739. The highest BCUT2D eigenvalue weighted by Crippen LogP contribution is 2.29. The number of sulfone groups is 1. The van der Waals surface area contributed by atoms with Crippen molar-refractivity contribution in [3.63, 3.8) is 0 Å². The highest BCUT2D eigenvalue weighted by atomic mass is 32.2. The number of hydrogen-bond acceptors (Lipinski definition) is 5. The Labute approximate surface area is 117 Å². The summed E-state index contributed by atoms with van der Waals surface area (Å²) in [7, 11) is -3.82. The quantitative estimate of drug-likeness (QED) is 0.640. The van der Waals surface area contributed by atoms with Crippen LogP contribution in [0.1, 0.15) is 12.5 Å². The first-order valence-electron chi connectivity index (χ1n) is 5.86. The van der Waals surface area contributed by atoms with Gasteiger partial charge in [-0.25, -0.2) is 13.4 Å². The minimum atomic E-state index is -3.82. The lowest BCUT2D eigenvalue weighted by Gasteiger charge is -2.10. The smallest absolute Gasteiger partial charge is 0.308 e. The number of pyridine rings is 1. The van der Waals surface area contributed by atoms with Crippen LogP contribution in [-0.4, -0.2) is 19.4 Å². The zero-order valence-corrected chi connectivity index (χ0v) is 11.8. The molecule has 104 valence electrons. The molecule has 2 aromatic rings. The molecular formula is C14H13NO4S. The van der Waals surface area contributed by atoms with Gasteiger partial charge in [0.25, 0.3) is 0 Å². The van der Waals surface area contributed by atoms with Gasteiger partial charge in [0.05, 0.1) is 0 Å². The highest BCUT2D eigenvalue weighted by Gasteiger charge is 2.24. The topological polar surface area (TPSA) is 73.3 Å². The van der Waals surface area contributed by atoms with Gasteiger partial charge in [0.2, 0.25) is 9.84 Å². The van der Waals surface area contributed by atoms with E-state index in [-0.39, 0.29) is 15.7 Å². The van der Waals surface area contributed by atoms with Crippen molar-refractivity contribution in [2.45, 2.75) is 23.8 Å². The number of aryl methyl sites for hydroxylation is 1. The summed E-state index contributed by atoms with van der Waals surface area (Å²) >= 11 is 0. The lowest BCUT2D eigenvalue weighted by molar-refractivity contribution is -0.132. The second kappa shape index (κ2) is 5.42. The molecule has 0 fully saturated rings. The number of carbonyl (C=O) groups excluding carboxylic acids is 1. The maximum Gasteiger partial charge on any atom is 0.308 e. The maximum atomic E-state index is 12.5. The number of nitrogens with zero attached hydrogens (tertiary/aromatic N) is 1. The van der Waals surface area contributed by atoms with E-state index in [2.05, 4.69) is 4.98 Å². The van der Waals surface area contributed by atoms with Gasteiger partial charge in [-0.15, -0.1) is 0 Å². The first-order valence-corrected chi connectivity index (χ1v) is 7.35. The molecular weight excluding hydrogens is 278 g/mol. The third-order valence-electron chi connectivity index (χ3n) is 2.56. The molecule has 1 aromatic carbocycles. The van der Waals surface area contributed by atoms with Gasteiger partial charge in [0, 0.05) is 13.1 Å². The molecule has 0 aliphatic carbocycles. The Morgan fingerprint density at radius 3 is 2.55 bits per heavy atom. The summed E-state index contributed by atoms with van der Waals surface area (Å²) in [5, 5.41) is -0.0859. The molecule has 0 radical (unpaired) electrons. The van der Waals surface area contributed by atoms with Crippen molar-refractivity contribution < 1.29 is 17.9 Å². The number of benzene rings is 1. The van der Waals surface area contributed by atoms with Crippen LogP contribution < -0.4 is 4.74 Å². The second-order valence-electron chi connectivity index (χ2n) is 4.22. The Balaban J connectivity index is 2.60. The summed E-state index contributed by atoms with van der Waals surface area (Å²) in [5.74, 6) is -0.559. The fourth-order valence-electron chi connectivity index (χ4n) is 1.69. The fourth-order valence-corrected chi connectivity index (χ4v) is 2.99. The van der Waals surface area contributed by atoms with E-state index in [1.165, 1.54) is 31.3 Å². The van der Waals surface area contributed by atoms with Crippen molar-refractivity contribution in [3.05, 3.63) is 48.2 Å². The third kappa shape index (κ3) is 2.85. The number of rotatable bonds is 3. The molecule has 1 heterocycles. The van der Waals surface area contributed by atoms with E-state index in [9.17, 15) is 13.2 Å². The average Bonchev–Trinajstić information content (AvgIpc) is 2.39. The van der Waals surface area contributed by atoms with Gasteiger partial charge in [-0.1, -0.05) is 12.1 Å². The van der Waals surface area contributed by atoms with Gasteiger partial charge in [-0.2, -0.15) is 0 Å². The van der Waals surface area contributed by atoms with E-state index in [1.54, 1.807) is 25.1 Å². The van der Waals surface area contributed by atoms with Gasteiger partial charge in [-0.05, 0) is 36.8 Å². The van der Waals surface area contributed by atoms with Gasteiger partial charge in [-0.3, -0.25) is 4.79 Å². The van der Waals surface area contributed by atoms with E-state index >= 15 is 0 Å². The molecule has 0 spiro atoms. The number of hydrogen-bond donors (Lipinski definition) is 0. The molecule has 0 unspecified atom stereocenters. The Morgan fingerprint density at radius 2 is 1.95 bits per heavy atom. The lowest BCUT2D eigenvalue weighted by Crippen LogP contribution is -2.09. The average molecular weight is 291 g/mol. The Morgan fingerprint density at radius 1 is 1.20 bits per heavy atom. The standard InChI is InChI=1S/C14H13NO4S/c1-10-6-7-13(12(9-10)19-11(2)16)20(17,18)14-5-3-4-8-15-14/h3-9H,1-2H3. The van der Waals surface area contributed by atoms with E-state index in [0.29, 0.717) is 0 Å². The lowest BCUT2D eigenvalue weighted by atomic mass is 10.2. The highest BCUT2D eigenvalue weighted by molar-refractivity contribution is 7.91. The largest absolute Gasteiger partial charge is 0.425 e. The van der Waals surface area contributed by atoms with E-state index in [0.717, 1.165) is 5.56 Å². The van der Waals surface area contributed by atoms with Crippen molar-refractivity contribution in [2.75, 3.05) is 0 Å². The van der Waals surface area contributed by atoms with Crippen molar-refractivity contribution in [1.82, 2.24) is 4.98 Å².